The van der Waals surface area contributed by atoms with E-state index in [-0.39, 0.29) is 12.0 Å². The first-order valence-corrected chi connectivity index (χ1v) is 6.72. The van der Waals surface area contributed by atoms with Crippen LogP contribution in [0.25, 0.3) is 0 Å². The summed E-state index contributed by atoms with van der Waals surface area (Å²) in [6, 6.07) is 8.06. The van der Waals surface area contributed by atoms with Gasteiger partial charge in [0.1, 0.15) is 12.4 Å². The number of benzene rings is 1. The molecular weight excluding hydrogens is 242 g/mol. The zero-order valence-electron chi connectivity index (χ0n) is 11.9. The molecule has 1 aromatic rings. The molecule has 19 heavy (non-hydrogen) atoms. The summed E-state index contributed by atoms with van der Waals surface area (Å²) in [5.41, 5.74) is 1.10. The van der Waals surface area contributed by atoms with E-state index < -0.39 is 0 Å². The topological polar surface area (TPSA) is 47.6 Å². The Balaban J connectivity index is 2.46. The van der Waals surface area contributed by atoms with Gasteiger partial charge in [-0.2, -0.15) is 0 Å². The first-order chi connectivity index (χ1) is 9.21. The van der Waals surface area contributed by atoms with Gasteiger partial charge in [-0.1, -0.05) is 32.0 Å². The molecular formula is C15H23NO3. The second-order valence-electron chi connectivity index (χ2n) is 4.33. The summed E-state index contributed by atoms with van der Waals surface area (Å²) < 4.78 is 10.5. The lowest BCUT2D eigenvalue weighted by Crippen LogP contribution is -2.33. The van der Waals surface area contributed by atoms with Gasteiger partial charge >= 0.3 is 5.97 Å². The van der Waals surface area contributed by atoms with Crippen molar-refractivity contribution in [3.8, 4) is 5.75 Å². The van der Waals surface area contributed by atoms with Gasteiger partial charge in [-0.25, -0.2) is 0 Å². The minimum atomic E-state index is -0.155. The normalized spacial score (nSPS) is 11.9. The average Bonchev–Trinajstić information content (AvgIpc) is 2.47. The van der Waals surface area contributed by atoms with Crippen LogP contribution in [0.4, 0.5) is 0 Å². The lowest BCUT2D eigenvalue weighted by atomic mass is 10.1. The van der Waals surface area contributed by atoms with Crippen molar-refractivity contribution >= 4 is 5.97 Å². The Bertz CT molecular complexity index is 393. The Morgan fingerprint density at radius 1 is 1.32 bits per heavy atom. The van der Waals surface area contributed by atoms with Crippen molar-refractivity contribution in [2.45, 2.75) is 39.3 Å². The monoisotopic (exact) mass is 265 g/mol. The van der Waals surface area contributed by atoms with E-state index in [4.69, 9.17) is 9.47 Å². The Labute approximate surface area is 115 Å². The maximum atomic E-state index is 11.1. The summed E-state index contributed by atoms with van der Waals surface area (Å²) in [4.78, 5) is 11.1. The maximum Gasteiger partial charge on any atom is 0.305 e. The molecule has 0 radical (unpaired) electrons. The SMILES string of the molecule is CCC(=O)OCC(CC)NCc1ccccc1OC. The van der Waals surface area contributed by atoms with Gasteiger partial charge in [0.05, 0.1) is 7.11 Å². The number of hydrogen-bond acceptors (Lipinski definition) is 4. The number of para-hydroxylation sites is 1. The molecule has 4 nitrogen and oxygen atoms in total. The highest BCUT2D eigenvalue weighted by Crippen LogP contribution is 2.17. The molecule has 0 fully saturated rings. The van der Waals surface area contributed by atoms with Gasteiger partial charge in [0.2, 0.25) is 0 Å². The lowest BCUT2D eigenvalue weighted by molar-refractivity contribution is -0.144. The molecule has 0 aliphatic rings. The van der Waals surface area contributed by atoms with Crippen molar-refractivity contribution in [2.75, 3.05) is 13.7 Å². The smallest absolute Gasteiger partial charge is 0.305 e. The molecule has 1 rings (SSSR count). The van der Waals surface area contributed by atoms with E-state index in [0.717, 1.165) is 17.7 Å². The van der Waals surface area contributed by atoms with Crippen LogP contribution in [0.2, 0.25) is 0 Å². The second-order valence-corrected chi connectivity index (χ2v) is 4.33. The zero-order chi connectivity index (χ0) is 14.1. The fraction of sp³-hybridized carbons (Fsp3) is 0.533. The second kappa shape index (κ2) is 8.53. The van der Waals surface area contributed by atoms with Gasteiger partial charge < -0.3 is 14.8 Å². The van der Waals surface area contributed by atoms with E-state index in [0.29, 0.717) is 19.6 Å². The van der Waals surface area contributed by atoms with Gasteiger partial charge in [-0.3, -0.25) is 4.79 Å². The average molecular weight is 265 g/mol. The van der Waals surface area contributed by atoms with E-state index in [1.54, 1.807) is 14.0 Å². The molecule has 0 heterocycles. The third kappa shape index (κ3) is 5.30. The van der Waals surface area contributed by atoms with Crippen LogP contribution in [0, 0.1) is 0 Å². The molecule has 0 aliphatic heterocycles. The van der Waals surface area contributed by atoms with E-state index >= 15 is 0 Å². The molecule has 0 aliphatic carbocycles. The highest BCUT2D eigenvalue weighted by Gasteiger charge is 2.10. The molecule has 106 valence electrons. The first-order valence-electron chi connectivity index (χ1n) is 6.72. The summed E-state index contributed by atoms with van der Waals surface area (Å²) in [6.07, 6.45) is 1.33. The van der Waals surface area contributed by atoms with Crippen LogP contribution in [-0.2, 0) is 16.1 Å². The van der Waals surface area contributed by atoms with Crippen molar-refractivity contribution < 1.29 is 14.3 Å². The van der Waals surface area contributed by atoms with Crippen LogP contribution in [0.3, 0.4) is 0 Å². The van der Waals surface area contributed by atoms with Crippen molar-refractivity contribution in [2.24, 2.45) is 0 Å². The Hall–Kier alpha value is -1.55. The van der Waals surface area contributed by atoms with E-state index in [1.807, 2.05) is 24.3 Å². The van der Waals surface area contributed by atoms with Crippen molar-refractivity contribution in [1.29, 1.82) is 0 Å². The van der Waals surface area contributed by atoms with E-state index in [9.17, 15) is 4.79 Å². The minimum Gasteiger partial charge on any atom is -0.496 e. The summed E-state index contributed by atoms with van der Waals surface area (Å²) in [7, 11) is 1.67. The molecule has 0 spiro atoms. The van der Waals surface area contributed by atoms with Crippen molar-refractivity contribution in [3.05, 3.63) is 29.8 Å². The van der Waals surface area contributed by atoms with Crippen molar-refractivity contribution in [1.82, 2.24) is 5.32 Å². The van der Waals surface area contributed by atoms with Crippen LogP contribution < -0.4 is 10.1 Å². The largest absolute Gasteiger partial charge is 0.496 e. The molecule has 1 atom stereocenters. The van der Waals surface area contributed by atoms with Gasteiger partial charge in [0.15, 0.2) is 0 Å². The van der Waals surface area contributed by atoms with Crippen LogP contribution in [0.5, 0.6) is 5.75 Å². The highest BCUT2D eigenvalue weighted by molar-refractivity contribution is 5.68. The van der Waals surface area contributed by atoms with Gasteiger partial charge in [0, 0.05) is 24.6 Å². The molecule has 0 bridgehead atoms. The predicted molar refractivity (Wildman–Crippen MR) is 75.2 cm³/mol. The number of methoxy groups -OCH3 is 1. The Morgan fingerprint density at radius 3 is 2.68 bits per heavy atom. The molecule has 0 saturated carbocycles. The number of esters is 1. The maximum absolute atomic E-state index is 11.1. The molecule has 0 amide bonds. The highest BCUT2D eigenvalue weighted by atomic mass is 16.5. The Kier molecular flexibility index (Phi) is 6.97. The fourth-order valence-corrected chi connectivity index (χ4v) is 1.72. The number of hydrogen-bond donors (Lipinski definition) is 1. The quantitative estimate of drug-likeness (QED) is 0.734. The molecule has 1 aromatic carbocycles. The van der Waals surface area contributed by atoms with Crippen molar-refractivity contribution in [3.63, 3.8) is 0 Å². The van der Waals surface area contributed by atoms with Gasteiger partial charge in [-0.15, -0.1) is 0 Å². The molecule has 4 heteroatoms. The number of ether oxygens (including phenoxy) is 2. The molecule has 1 N–H and O–H groups in total. The van der Waals surface area contributed by atoms with Gasteiger partial charge in [0.25, 0.3) is 0 Å². The molecule has 0 saturated heterocycles. The first kappa shape index (κ1) is 15.5. The fourth-order valence-electron chi connectivity index (χ4n) is 1.72. The summed E-state index contributed by atoms with van der Waals surface area (Å²) in [5, 5.41) is 3.38. The standard InChI is InChI=1S/C15H23NO3/c1-4-13(11-19-15(17)5-2)16-10-12-8-6-7-9-14(12)18-3/h6-9,13,16H,4-5,10-11H2,1-3H3. The summed E-state index contributed by atoms with van der Waals surface area (Å²) >= 11 is 0. The Morgan fingerprint density at radius 2 is 2.05 bits per heavy atom. The third-order valence-corrected chi connectivity index (χ3v) is 3.00. The zero-order valence-corrected chi connectivity index (χ0v) is 11.9. The number of nitrogens with one attached hydrogen (secondary N) is 1. The lowest BCUT2D eigenvalue weighted by Gasteiger charge is -2.18. The third-order valence-electron chi connectivity index (χ3n) is 3.00. The summed E-state index contributed by atoms with van der Waals surface area (Å²) in [5.74, 6) is 0.716. The van der Waals surface area contributed by atoms with Crippen LogP contribution in [-0.4, -0.2) is 25.7 Å². The van der Waals surface area contributed by atoms with Crippen LogP contribution in [0.15, 0.2) is 24.3 Å². The predicted octanol–water partition coefficient (Wildman–Crippen LogP) is 2.52. The molecule has 1 unspecified atom stereocenters. The van der Waals surface area contributed by atoms with Gasteiger partial charge in [-0.05, 0) is 12.5 Å². The van der Waals surface area contributed by atoms with E-state index in [1.165, 1.54) is 0 Å². The van der Waals surface area contributed by atoms with Crippen LogP contribution >= 0.6 is 0 Å². The van der Waals surface area contributed by atoms with Crippen LogP contribution in [0.1, 0.15) is 32.3 Å². The van der Waals surface area contributed by atoms with E-state index in [2.05, 4.69) is 12.2 Å². The number of carbonyl (C=O) groups is 1. The minimum absolute atomic E-state index is 0.155. The molecule has 0 aromatic heterocycles. The summed E-state index contributed by atoms with van der Waals surface area (Å²) in [6.45, 7) is 4.98. The number of carbonyl (C=O) groups excluding carboxylic acids is 1. The number of rotatable bonds is 8.